The summed E-state index contributed by atoms with van der Waals surface area (Å²) in [5.41, 5.74) is 7.80. The predicted molar refractivity (Wildman–Crippen MR) is 242 cm³/mol. The van der Waals surface area contributed by atoms with Crippen LogP contribution in [-0.2, 0) is 20.4 Å². The van der Waals surface area contributed by atoms with Gasteiger partial charge in [-0.1, -0.05) is 44.0 Å². The van der Waals surface area contributed by atoms with Gasteiger partial charge in [-0.25, -0.2) is 22.0 Å². The van der Waals surface area contributed by atoms with Crippen LogP contribution in [0.4, 0.5) is 33.3 Å². The summed E-state index contributed by atoms with van der Waals surface area (Å²) in [6.07, 6.45) is 0. The quantitative estimate of drug-likeness (QED) is 0.0404. The van der Waals surface area contributed by atoms with Crippen molar-refractivity contribution in [3.05, 3.63) is 144 Å². The molecule has 0 spiro atoms. The van der Waals surface area contributed by atoms with Gasteiger partial charge in [0.15, 0.2) is 57.8 Å². The van der Waals surface area contributed by atoms with Gasteiger partial charge in [0.1, 0.15) is 8.95 Å². The molecule has 0 aromatic heterocycles. The van der Waals surface area contributed by atoms with E-state index in [0.717, 1.165) is 4.47 Å². The first-order chi connectivity index (χ1) is 26.9. The summed E-state index contributed by atoms with van der Waals surface area (Å²) >= 11 is 18.5. The maximum Gasteiger partial charge on any atom is 0.301 e. The van der Waals surface area contributed by atoms with Crippen LogP contribution in [0.25, 0.3) is 0 Å². The van der Waals surface area contributed by atoms with Crippen LogP contribution in [0, 0.1) is 81.2 Å². The second-order valence-corrected chi connectivity index (χ2v) is 16.4. The average molecular weight is 1330 g/mol. The minimum absolute atomic E-state index is 0. The van der Waals surface area contributed by atoms with E-state index >= 15 is 0 Å². The number of nitro benzene ring substituents is 1. The van der Waals surface area contributed by atoms with Crippen LogP contribution < -0.4 is 19.9 Å². The number of nitrogen functional groups attached to an aromatic ring is 1. The third-order valence-electron chi connectivity index (χ3n) is 7.43. The molecule has 0 saturated heterocycles. The number of phenols is 2. The third-order valence-corrected chi connectivity index (χ3v) is 12.0. The third kappa shape index (κ3) is 16.0. The minimum atomic E-state index is -0.623. The van der Waals surface area contributed by atoms with E-state index in [1.165, 1.54) is 40.4 Å². The molecule has 0 aliphatic heterocycles. The number of ether oxygens (including phenoxy) is 3. The van der Waals surface area contributed by atoms with E-state index in [2.05, 4.69) is 95.6 Å². The van der Waals surface area contributed by atoms with E-state index in [9.17, 15) is 32.1 Å². The topological polar surface area (TPSA) is 137 Å². The summed E-state index contributed by atoms with van der Waals surface area (Å²) in [5, 5.41) is 28.5. The Kier molecular flexibility index (Phi) is 27.3. The molecule has 0 atom stereocenters. The molecule has 0 aliphatic rings. The summed E-state index contributed by atoms with van der Waals surface area (Å²) in [7, 11) is 4.11. The Hall–Kier alpha value is -2.51. The fraction of sp³-hybridized carbons (Fsp3) is 0.205. The molecule has 5 aromatic carbocycles. The van der Waals surface area contributed by atoms with Crippen molar-refractivity contribution in [2.24, 2.45) is 0 Å². The molecule has 0 aliphatic carbocycles. The molecule has 4 N–H and O–H groups in total. The molecule has 0 heterocycles. The van der Waals surface area contributed by atoms with Gasteiger partial charge in [-0.2, -0.15) is 0 Å². The number of nitrogens with zero attached hydrogens (tertiary/aromatic N) is 1. The molecule has 334 valence electrons. The molecule has 0 amide bonds. The van der Waals surface area contributed by atoms with Gasteiger partial charge in [0.05, 0.1) is 35.2 Å². The van der Waals surface area contributed by atoms with Crippen LogP contribution in [-0.4, -0.2) is 36.5 Å². The Balaban J connectivity index is 0. The maximum absolute atomic E-state index is 13.6. The number of aromatic hydroxyl groups is 2. The van der Waals surface area contributed by atoms with Crippen molar-refractivity contribution in [2.75, 3.05) is 27.1 Å². The van der Waals surface area contributed by atoms with E-state index in [-0.39, 0.29) is 88.4 Å². The molecule has 0 radical (unpaired) electrons. The van der Waals surface area contributed by atoms with Crippen LogP contribution in [0.15, 0.2) is 69.3 Å². The number of anilines is 1. The Bertz CT molecular complexity index is 2230. The zero-order chi connectivity index (χ0) is 44.9. The first kappa shape index (κ1) is 59.6. The standard InChI is InChI=1S/C8H6Br2FNO3.C8H7Br2FO.C8H10FNO.C7H5Br2FO.C7H7FO.CH3.Pd/c1-3-4(9)7(12(13)14)5(10)8(15-2)6(3)11;1-4-5(9)3-6(10)8(12-2)7(4)11;1-5-3-6(10)4-7(11-2)8(5)9;1-3-4(8)2-5(9)7(11)6(3)10;1-5-3-2-4-6(9)7(5)8;;/h1-2H3;3H,1-2H3;3-4H,10H2,1-2H3;2,11H,1H3;2-4,9H,1H3;1H3;/q;;;;;-1;. The number of hydrogen-bond acceptors (Lipinski definition) is 8. The zero-order valence-electron chi connectivity index (χ0n) is 33.0. The van der Waals surface area contributed by atoms with Crippen LogP contribution in [0.2, 0.25) is 0 Å². The van der Waals surface area contributed by atoms with E-state index in [4.69, 9.17) is 30.2 Å². The number of hydrogen-bond donors (Lipinski definition) is 3. The van der Waals surface area contributed by atoms with E-state index in [0.29, 0.717) is 41.4 Å². The van der Waals surface area contributed by atoms with Gasteiger partial charge in [-0.15, -0.1) is 0 Å². The molecular weight excluding hydrogens is 1290 g/mol. The summed E-state index contributed by atoms with van der Waals surface area (Å²) in [6.45, 7) is 7.96. The molecule has 0 saturated carbocycles. The Labute approximate surface area is 409 Å². The number of benzene rings is 5. The van der Waals surface area contributed by atoms with Gasteiger partial charge in [0.2, 0.25) is 0 Å². The molecule has 21 heteroatoms. The maximum atomic E-state index is 13.6. The number of methoxy groups -OCH3 is 3. The van der Waals surface area contributed by atoms with E-state index in [1.807, 2.05) is 0 Å². The van der Waals surface area contributed by atoms with E-state index < -0.39 is 22.4 Å². The number of phenolic OH excluding ortho intramolecular Hbond substituents is 2. The number of rotatable bonds is 4. The van der Waals surface area contributed by atoms with Gasteiger partial charge < -0.3 is 37.6 Å². The van der Waals surface area contributed by atoms with Crippen molar-refractivity contribution in [1.29, 1.82) is 0 Å². The number of nitro groups is 1. The summed E-state index contributed by atoms with van der Waals surface area (Å²) in [5.74, 6) is -2.77. The second-order valence-electron chi connectivity index (χ2n) is 11.4. The number of aryl methyl sites for hydroxylation is 2. The van der Waals surface area contributed by atoms with Crippen molar-refractivity contribution in [1.82, 2.24) is 0 Å². The first-order valence-electron chi connectivity index (χ1n) is 15.8. The molecule has 0 bridgehead atoms. The zero-order valence-corrected chi connectivity index (χ0v) is 44.0. The van der Waals surface area contributed by atoms with Gasteiger partial charge in [0, 0.05) is 57.8 Å². The Morgan fingerprint density at radius 1 is 0.617 bits per heavy atom. The van der Waals surface area contributed by atoms with Crippen molar-refractivity contribution in [3.63, 3.8) is 0 Å². The average Bonchev–Trinajstić information content (AvgIpc) is 3.16. The number of halogens is 11. The summed E-state index contributed by atoms with van der Waals surface area (Å²) in [4.78, 5) is 10.1. The molecule has 5 aromatic rings. The molecule has 9 nitrogen and oxygen atoms in total. The van der Waals surface area contributed by atoms with Crippen LogP contribution in [0.1, 0.15) is 27.8 Å². The fourth-order valence-electron chi connectivity index (χ4n) is 4.16. The number of nitrogens with two attached hydrogens (primary N) is 1. The van der Waals surface area contributed by atoms with Crippen LogP contribution in [0.3, 0.4) is 0 Å². The van der Waals surface area contributed by atoms with E-state index in [1.54, 1.807) is 58.0 Å². The monoisotopic (exact) mass is 1320 g/mol. The largest absolute Gasteiger partial charge is 0.505 e. The van der Waals surface area contributed by atoms with Gasteiger partial charge in [0.25, 0.3) is 0 Å². The molecule has 5 rings (SSSR count). The van der Waals surface area contributed by atoms with Crippen LogP contribution >= 0.6 is 95.6 Å². The smallest absolute Gasteiger partial charge is 0.301 e. The second kappa shape index (κ2) is 27.5. The molecule has 0 fully saturated rings. The van der Waals surface area contributed by atoms with Crippen molar-refractivity contribution < 1.29 is 71.7 Å². The SMILES string of the molecule is COc1c(Br)cc(Br)c(C)c1F.COc1c(F)c(C)c(Br)c([N+](=O)[O-])c1Br.COc1cc(N)cc(C)c1F.Cc1c(Br)cc(Br)c(O)c1F.Cc1cccc(O)c1F.[CH3-].[Pd]. The summed E-state index contributed by atoms with van der Waals surface area (Å²) < 4.78 is 82.1. The first-order valence-corrected chi connectivity index (χ1v) is 20.6. The summed E-state index contributed by atoms with van der Waals surface area (Å²) in [6, 6.07) is 10.9. The molecular formula is C39H38Br6F5N2O7Pd-. The Morgan fingerprint density at radius 3 is 1.55 bits per heavy atom. The predicted octanol–water partition coefficient (Wildman–Crippen LogP) is 14.6. The minimum Gasteiger partial charge on any atom is -0.505 e. The molecule has 60 heavy (non-hydrogen) atoms. The van der Waals surface area contributed by atoms with Crippen LogP contribution in [0.5, 0.6) is 28.7 Å². The normalized spacial score (nSPS) is 9.65. The Morgan fingerprint density at radius 2 is 1.10 bits per heavy atom. The van der Waals surface area contributed by atoms with Crippen molar-refractivity contribution >= 4 is 107 Å². The van der Waals surface area contributed by atoms with Crippen molar-refractivity contribution in [3.8, 4) is 28.7 Å². The molecule has 0 unspecified atom stereocenters. The van der Waals surface area contributed by atoms with Gasteiger partial charge >= 0.3 is 5.69 Å². The van der Waals surface area contributed by atoms with Gasteiger partial charge in [-0.3, -0.25) is 10.1 Å². The fourth-order valence-corrected chi connectivity index (χ4v) is 8.01. The van der Waals surface area contributed by atoms with Gasteiger partial charge in [-0.05, 0) is 134 Å². The van der Waals surface area contributed by atoms with Crippen molar-refractivity contribution in [2.45, 2.75) is 34.6 Å².